The van der Waals surface area contributed by atoms with Gasteiger partial charge in [0, 0.05) is 22.9 Å². The summed E-state index contributed by atoms with van der Waals surface area (Å²) in [5.41, 5.74) is 0.796. The molecule has 8 nitrogen and oxygen atoms in total. The van der Waals surface area contributed by atoms with Gasteiger partial charge in [0.15, 0.2) is 5.76 Å². The minimum Gasteiger partial charge on any atom is -0.497 e. The zero-order chi connectivity index (χ0) is 23.1. The lowest BCUT2D eigenvalue weighted by atomic mass is 10.1. The van der Waals surface area contributed by atoms with Crippen molar-refractivity contribution in [3.05, 3.63) is 75.7 Å². The van der Waals surface area contributed by atoms with Crippen LogP contribution in [-0.4, -0.2) is 30.8 Å². The Balaban J connectivity index is 1.79. The Bertz CT molecular complexity index is 1110. The number of nitro groups is 1. The molecule has 0 spiro atoms. The summed E-state index contributed by atoms with van der Waals surface area (Å²) >= 11 is 1.57. The lowest BCUT2D eigenvalue weighted by molar-refractivity contribution is -0.384. The van der Waals surface area contributed by atoms with Crippen LogP contribution in [0.4, 0.5) is 11.4 Å². The minimum atomic E-state index is -0.561. The van der Waals surface area contributed by atoms with Gasteiger partial charge in [0.1, 0.15) is 22.9 Å². The summed E-state index contributed by atoms with van der Waals surface area (Å²) in [7, 11) is 3.15. The summed E-state index contributed by atoms with van der Waals surface area (Å²) in [6.07, 6.45) is 1.35. The van der Waals surface area contributed by atoms with Gasteiger partial charge in [0.2, 0.25) is 0 Å². The fourth-order valence-electron chi connectivity index (χ4n) is 3.07. The van der Waals surface area contributed by atoms with E-state index >= 15 is 0 Å². The van der Waals surface area contributed by atoms with Crippen molar-refractivity contribution >= 4 is 29.0 Å². The molecule has 0 aliphatic carbocycles. The van der Waals surface area contributed by atoms with Crippen LogP contribution in [-0.2, 0) is 6.42 Å². The van der Waals surface area contributed by atoms with Crippen LogP contribution in [0.25, 0.3) is 0 Å². The maximum atomic E-state index is 12.7. The van der Waals surface area contributed by atoms with E-state index in [1.54, 1.807) is 62.4 Å². The molecule has 3 rings (SSSR count). The van der Waals surface area contributed by atoms with Crippen LogP contribution in [0, 0.1) is 10.1 Å². The van der Waals surface area contributed by atoms with Crippen LogP contribution >= 0.6 is 11.8 Å². The third kappa shape index (κ3) is 5.61. The molecule has 32 heavy (non-hydrogen) atoms. The van der Waals surface area contributed by atoms with Gasteiger partial charge in [-0.05, 0) is 54.6 Å². The second-order valence-corrected chi connectivity index (χ2v) is 8.03. The second kappa shape index (κ2) is 10.7. The van der Waals surface area contributed by atoms with Crippen LogP contribution < -0.4 is 14.8 Å². The second-order valence-electron chi connectivity index (χ2n) is 6.86. The molecule has 0 atom stereocenters. The van der Waals surface area contributed by atoms with Gasteiger partial charge >= 0.3 is 0 Å². The first kappa shape index (κ1) is 23.2. The molecule has 0 fully saturated rings. The first-order valence-corrected chi connectivity index (χ1v) is 11.0. The number of amides is 1. The van der Waals surface area contributed by atoms with Crippen molar-refractivity contribution in [2.24, 2.45) is 0 Å². The Morgan fingerprint density at radius 1 is 1.12 bits per heavy atom. The Morgan fingerprint density at radius 2 is 1.94 bits per heavy atom. The van der Waals surface area contributed by atoms with Crippen LogP contribution in [0.15, 0.2) is 57.8 Å². The van der Waals surface area contributed by atoms with Gasteiger partial charge in [-0.3, -0.25) is 14.9 Å². The molecule has 0 aliphatic heterocycles. The zero-order valence-corrected chi connectivity index (χ0v) is 18.9. The Hall–Kier alpha value is -3.46. The van der Waals surface area contributed by atoms with Crippen molar-refractivity contribution in [2.45, 2.75) is 24.7 Å². The first-order valence-electron chi connectivity index (χ1n) is 9.97. The molecule has 0 unspecified atom stereocenters. The molecule has 1 amide bonds. The molecule has 0 bridgehead atoms. The van der Waals surface area contributed by atoms with Crippen molar-refractivity contribution in [1.82, 2.24) is 0 Å². The average Bonchev–Trinajstić information content (AvgIpc) is 3.26. The molecule has 0 saturated carbocycles. The number of carbonyl (C=O) groups is 1. The highest BCUT2D eigenvalue weighted by molar-refractivity contribution is 7.99. The number of hydrogen-bond acceptors (Lipinski definition) is 7. The zero-order valence-electron chi connectivity index (χ0n) is 18.0. The Labute approximate surface area is 190 Å². The highest BCUT2D eigenvalue weighted by Gasteiger charge is 2.20. The van der Waals surface area contributed by atoms with E-state index < -0.39 is 10.8 Å². The summed E-state index contributed by atoms with van der Waals surface area (Å²) in [4.78, 5) is 24.4. The summed E-state index contributed by atoms with van der Waals surface area (Å²) < 4.78 is 16.3. The molecule has 1 aromatic heterocycles. The SMILES string of the molecule is CCCSc1ccc([N+](=O)[O-])c(NC(=O)c2ccc(Cc3cc(OC)ccc3OC)o2)c1. The predicted molar refractivity (Wildman–Crippen MR) is 123 cm³/mol. The minimum absolute atomic E-state index is 0.0581. The molecule has 3 aromatic rings. The van der Waals surface area contributed by atoms with Gasteiger partial charge in [-0.1, -0.05) is 6.92 Å². The number of nitrogens with zero attached hydrogens (tertiary/aromatic N) is 1. The van der Waals surface area contributed by atoms with E-state index in [0.29, 0.717) is 23.7 Å². The van der Waals surface area contributed by atoms with Gasteiger partial charge in [-0.2, -0.15) is 0 Å². The van der Waals surface area contributed by atoms with Crippen LogP contribution in [0.5, 0.6) is 11.5 Å². The van der Waals surface area contributed by atoms with E-state index in [1.165, 1.54) is 6.07 Å². The van der Waals surface area contributed by atoms with E-state index in [9.17, 15) is 14.9 Å². The van der Waals surface area contributed by atoms with Crippen molar-refractivity contribution in [2.75, 3.05) is 25.3 Å². The number of rotatable bonds is 10. The van der Waals surface area contributed by atoms with E-state index in [-0.39, 0.29) is 17.1 Å². The Kier molecular flexibility index (Phi) is 7.77. The number of benzene rings is 2. The summed E-state index contributed by atoms with van der Waals surface area (Å²) in [5.74, 6) is 2.27. The quantitative estimate of drug-likeness (QED) is 0.242. The van der Waals surface area contributed by atoms with Gasteiger partial charge in [0.25, 0.3) is 11.6 Å². The third-order valence-electron chi connectivity index (χ3n) is 4.62. The van der Waals surface area contributed by atoms with E-state index in [4.69, 9.17) is 13.9 Å². The molecule has 0 aliphatic rings. The molecular formula is C23H24N2O6S. The number of ether oxygens (including phenoxy) is 2. The van der Waals surface area contributed by atoms with Gasteiger partial charge in [-0.25, -0.2) is 0 Å². The number of carbonyl (C=O) groups excluding carboxylic acids is 1. The number of furan rings is 1. The lowest BCUT2D eigenvalue weighted by Crippen LogP contribution is -2.12. The van der Waals surface area contributed by atoms with Crippen LogP contribution in [0.2, 0.25) is 0 Å². The monoisotopic (exact) mass is 456 g/mol. The molecule has 168 valence electrons. The van der Waals surface area contributed by atoms with Crippen LogP contribution in [0.1, 0.15) is 35.2 Å². The lowest BCUT2D eigenvalue weighted by Gasteiger charge is -2.09. The van der Waals surface area contributed by atoms with E-state index in [1.807, 2.05) is 6.07 Å². The molecule has 1 N–H and O–H groups in total. The first-order chi connectivity index (χ1) is 15.4. The fourth-order valence-corrected chi connectivity index (χ4v) is 3.88. The summed E-state index contributed by atoms with van der Waals surface area (Å²) in [5, 5.41) is 14.0. The van der Waals surface area contributed by atoms with E-state index in [2.05, 4.69) is 12.2 Å². The third-order valence-corrected chi connectivity index (χ3v) is 5.82. The number of nitro benzene ring substituents is 1. The molecular weight excluding hydrogens is 432 g/mol. The average molecular weight is 457 g/mol. The molecule has 0 radical (unpaired) electrons. The van der Waals surface area contributed by atoms with Gasteiger partial charge < -0.3 is 19.2 Å². The molecule has 1 heterocycles. The predicted octanol–water partition coefficient (Wildman–Crippen LogP) is 5.55. The normalized spacial score (nSPS) is 10.6. The number of methoxy groups -OCH3 is 2. The van der Waals surface area contributed by atoms with E-state index in [0.717, 1.165) is 22.6 Å². The van der Waals surface area contributed by atoms with Crippen molar-refractivity contribution < 1.29 is 23.6 Å². The van der Waals surface area contributed by atoms with Crippen LogP contribution in [0.3, 0.4) is 0 Å². The highest BCUT2D eigenvalue weighted by Crippen LogP contribution is 2.31. The number of anilines is 1. The van der Waals surface area contributed by atoms with Crippen molar-refractivity contribution in [3.63, 3.8) is 0 Å². The van der Waals surface area contributed by atoms with Crippen molar-refractivity contribution in [3.8, 4) is 11.5 Å². The fraction of sp³-hybridized carbons (Fsp3) is 0.261. The number of hydrogen-bond donors (Lipinski definition) is 1. The maximum absolute atomic E-state index is 12.7. The number of thioether (sulfide) groups is 1. The van der Waals surface area contributed by atoms with Crippen molar-refractivity contribution in [1.29, 1.82) is 0 Å². The smallest absolute Gasteiger partial charge is 0.292 e. The van der Waals surface area contributed by atoms with Gasteiger partial charge in [-0.15, -0.1) is 11.8 Å². The standard InChI is InChI=1S/C23H24N2O6S/c1-4-11-32-18-7-8-20(25(27)28)19(14-18)24-23(26)22-10-6-17(31-22)13-15-12-16(29-2)5-9-21(15)30-3/h5-10,12,14H,4,11,13H2,1-3H3,(H,24,26). The summed E-state index contributed by atoms with van der Waals surface area (Å²) in [6.45, 7) is 2.05. The molecule has 2 aromatic carbocycles. The molecule has 0 saturated heterocycles. The Morgan fingerprint density at radius 3 is 2.62 bits per heavy atom. The largest absolute Gasteiger partial charge is 0.497 e. The van der Waals surface area contributed by atoms with Gasteiger partial charge in [0.05, 0.1) is 19.1 Å². The highest BCUT2D eigenvalue weighted by atomic mass is 32.2. The maximum Gasteiger partial charge on any atom is 0.292 e. The molecule has 9 heteroatoms. The topological polar surface area (TPSA) is 104 Å². The number of nitrogens with one attached hydrogen (secondary N) is 1. The summed E-state index contributed by atoms with van der Waals surface area (Å²) in [6, 6.07) is 13.4.